The molecule has 2 aromatic rings. The van der Waals surface area contributed by atoms with E-state index in [1.54, 1.807) is 17.7 Å². The Hall–Kier alpha value is -1.95. The third-order valence-corrected chi connectivity index (χ3v) is 4.05. The van der Waals surface area contributed by atoms with E-state index in [-0.39, 0.29) is 5.56 Å². The molecule has 0 aliphatic carbocycles. The summed E-state index contributed by atoms with van der Waals surface area (Å²) in [4.78, 5) is 18.3. The lowest BCUT2D eigenvalue weighted by Crippen LogP contribution is -2.33. The van der Waals surface area contributed by atoms with E-state index in [1.807, 2.05) is 19.2 Å². The molecule has 6 heteroatoms. The van der Waals surface area contributed by atoms with Gasteiger partial charge in [0.1, 0.15) is 0 Å². The summed E-state index contributed by atoms with van der Waals surface area (Å²) in [7, 11) is 1.77. The van der Waals surface area contributed by atoms with E-state index in [1.165, 1.54) is 0 Å². The van der Waals surface area contributed by atoms with Crippen LogP contribution in [0.25, 0.3) is 0 Å². The third kappa shape index (κ3) is 3.21. The zero-order chi connectivity index (χ0) is 14.8. The highest BCUT2D eigenvalue weighted by Gasteiger charge is 2.24. The van der Waals surface area contributed by atoms with Gasteiger partial charge in [0.05, 0.1) is 0 Å². The van der Waals surface area contributed by atoms with Gasteiger partial charge in [0.15, 0.2) is 5.82 Å². The Balaban J connectivity index is 1.58. The van der Waals surface area contributed by atoms with Crippen molar-refractivity contribution in [2.45, 2.75) is 32.2 Å². The number of rotatable bonds is 3. The van der Waals surface area contributed by atoms with Crippen molar-refractivity contribution >= 4 is 0 Å². The predicted molar refractivity (Wildman–Crippen MR) is 78.0 cm³/mol. The van der Waals surface area contributed by atoms with Crippen molar-refractivity contribution in [3.8, 4) is 0 Å². The fraction of sp³-hybridized carbons (Fsp3) is 0.533. The molecule has 0 amide bonds. The van der Waals surface area contributed by atoms with Gasteiger partial charge in [-0.25, -0.2) is 0 Å². The Morgan fingerprint density at radius 1 is 1.38 bits per heavy atom. The van der Waals surface area contributed by atoms with Crippen LogP contribution in [0, 0.1) is 6.92 Å². The Kier molecular flexibility index (Phi) is 3.88. The minimum Gasteiger partial charge on any atom is -0.339 e. The molecule has 0 spiro atoms. The van der Waals surface area contributed by atoms with Crippen LogP contribution in [-0.4, -0.2) is 32.7 Å². The topological polar surface area (TPSA) is 64.2 Å². The van der Waals surface area contributed by atoms with Crippen LogP contribution in [0.5, 0.6) is 0 Å². The van der Waals surface area contributed by atoms with Crippen LogP contribution in [0.2, 0.25) is 0 Å². The van der Waals surface area contributed by atoms with Crippen LogP contribution in [0.1, 0.15) is 36.0 Å². The van der Waals surface area contributed by atoms with Gasteiger partial charge in [-0.15, -0.1) is 0 Å². The summed E-state index contributed by atoms with van der Waals surface area (Å²) in [6.07, 6.45) is 3.87. The molecule has 1 aliphatic heterocycles. The fourth-order valence-corrected chi connectivity index (χ4v) is 2.76. The SMILES string of the molecule is Cc1noc(C2CCN(Cc3ccn(C)c(=O)c3)CC2)n1. The molecule has 1 saturated heterocycles. The van der Waals surface area contributed by atoms with Gasteiger partial charge in [-0.1, -0.05) is 5.16 Å². The van der Waals surface area contributed by atoms with Gasteiger partial charge in [0.2, 0.25) is 5.89 Å². The number of likely N-dealkylation sites (tertiary alicyclic amines) is 1. The third-order valence-electron chi connectivity index (χ3n) is 4.05. The predicted octanol–water partition coefficient (Wildman–Crippen LogP) is 1.46. The first kappa shape index (κ1) is 14.0. The van der Waals surface area contributed by atoms with Crippen molar-refractivity contribution in [2.24, 2.45) is 7.05 Å². The highest BCUT2D eigenvalue weighted by molar-refractivity contribution is 5.11. The molecule has 0 bridgehead atoms. The quantitative estimate of drug-likeness (QED) is 0.855. The van der Waals surface area contributed by atoms with Crippen LogP contribution < -0.4 is 5.56 Å². The summed E-state index contributed by atoms with van der Waals surface area (Å²) in [5, 5.41) is 3.86. The van der Waals surface area contributed by atoms with Crippen molar-refractivity contribution in [3.05, 3.63) is 46.0 Å². The monoisotopic (exact) mass is 288 g/mol. The van der Waals surface area contributed by atoms with Crippen LogP contribution in [-0.2, 0) is 13.6 Å². The zero-order valence-corrected chi connectivity index (χ0v) is 12.5. The summed E-state index contributed by atoms with van der Waals surface area (Å²) in [6, 6.07) is 3.72. The largest absolute Gasteiger partial charge is 0.339 e. The van der Waals surface area contributed by atoms with Crippen molar-refractivity contribution in [3.63, 3.8) is 0 Å². The molecule has 3 rings (SSSR count). The highest BCUT2D eigenvalue weighted by atomic mass is 16.5. The Morgan fingerprint density at radius 3 is 2.76 bits per heavy atom. The molecule has 21 heavy (non-hydrogen) atoms. The summed E-state index contributed by atoms with van der Waals surface area (Å²) in [5.74, 6) is 1.83. The maximum Gasteiger partial charge on any atom is 0.250 e. The maximum atomic E-state index is 11.6. The van der Waals surface area contributed by atoms with E-state index in [0.29, 0.717) is 11.7 Å². The molecule has 2 aromatic heterocycles. The molecule has 0 saturated carbocycles. The smallest absolute Gasteiger partial charge is 0.250 e. The number of nitrogens with zero attached hydrogens (tertiary/aromatic N) is 4. The molecular weight excluding hydrogens is 268 g/mol. The van der Waals surface area contributed by atoms with Gasteiger partial charge in [0.25, 0.3) is 5.56 Å². The average Bonchev–Trinajstić information content (AvgIpc) is 2.90. The van der Waals surface area contributed by atoms with Crippen LogP contribution >= 0.6 is 0 Å². The Bertz CT molecular complexity index is 668. The van der Waals surface area contributed by atoms with E-state index in [4.69, 9.17) is 4.52 Å². The number of aryl methyl sites for hydroxylation is 2. The number of aromatic nitrogens is 3. The normalized spacial score (nSPS) is 17.2. The van der Waals surface area contributed by atoms with Crippen LogP contribution in [0.3, 0.4) is 0 Å². The lowest BCUT2D eigenvalue weighted by Gasteiger charge is -2.30. The molecule has 6 nitrogen and oxygen atoms in total. The van der Waals surface area contributed by atoms with E-state index in [9.17, 15) is 4.79 Å². The molecule has 1 fully saturated rings. The zero-order valence-electron chi connectivity index (χ0n) is 12.5. The Morgan fingerprint density at radius 2 is 2.14 bits per heavy atom. The fourth-order valence-electron chi connectivity index (χ4n) is 2.76. The molecule has 3 heterocycles. The molecule has 0 aromatic carbocycles. The molecule has 0 N–H and O–H groups in total. The molecule has 0 atom stereocenters. The standard InChI is InChI=1S/C15H20N4O2/c1-11-16-15(21-17-11)13-4-7-19(8-5-13)10-12-3-6-18(2)14(20)9-12/h3,6,9,13H,4-5,7-8,10H2,1-2H3. The summed E-state index contributed by atoms with van der Waals surface area (Å²) < 4.78 is 6.85. The molecule has 112 valence electrons. The minimum atomic E-state index is 0.0451. The van der Waals surface area contributed by atoms with Crippen LogP contribution in [0.4, 0.5) is 0 Å². The second kappa shape index (κ2) is 5.81. The van der Waals surface area contributed by atoms with E-state index in [2.05, 4.69) is 15.0 Å². The second-order valence-corrected chi connectivity index (χ2v) is 5.71. The van der Waals surface area contributed by atoms with E-state index < -0.39 is 0 Å². The van der Waals surface area contributed by atoms with Gasteiger partial charge in [-0.3, -0.25) is 9.69 Å². The summed E-state index contributed by atoms with van der Waals surface area (Å²) >= 11 is 0. The first-order chi connectivity index (χ1) is 10.1. The summed E-state index contributed by atoms with van der Waals surface area (Å²) in [6.45, 7) is 4.65. The van der Waals surface area contributed by atoms with E-state index in [0.717, 1.165) is 43.9 Å². The summed E-state index contributed by atoms with van der Waals surface area (Å²) in [5.41, 5.74) is 1.12. The van der Waals surface area contributed by atoms with Gasteiger partial charge in [-0.05, 0) is 44.5 Å². The number of hydrogen-bond donors (Lipinski definition) is 0. The number of piperidine rings is 1. The lowest BCUT2D eigenvalue weighted by molar-refractivity contribution is 0.187. The number of pyridine rings is 1. The molecule has 1 aliphatic rings. The number of hydrogen-bond acceptors (Lipinski definition) is 5. The first-order valence-electron chi connectivity index (χ1n) is 7.30. The van der Waals surface area contributed by atoms with Gasteiger partial charge >= 0.3 is 0 Å². The van der Waals surface area contributed by atoms with E-state index >= 15 is 0 Å². The van der Waals surface area contributed by atoms with Gasteiger partial charge < -0.3 is 9.09 Å². The van der Waals surface area contributed by atoms with Gasteiger partial charge in [-0.2, -0.15) is 4.98 Å². The Labute approximate surface area is 123 Å². The van der Waals surface area contributed by atoms with Crippen LogP contribution in [0.15, 0.2) is 27.6 Å². The molecular formula is C15H20N4O2. The molecule has 0 radical (unpaired) electrons. The highest BCUT2D eigenvalue weighted by Crippen LogP contribution is 2.27. The van der Waals surface area contributed by atoms with Crippen molar-refractivity contribution < 1.29 is 4.52 Å². The average molecular weight is 288 g/mol. The lowest BCUT2D eigenvalue weighted by atomic mass is 9.96. The van der Waals surface area contributed by atoms with Crippen molar-refractivity contribution in [1.29, 1.82) is 0 Å². The second-order valence-electron chi connectivity index (χ2n) is 5.71. The van der Waals surface area contributed by atoms with Gasteiger partial charge in [0, 0.05) is 31.8 Å². The molecule has 0 unspecified atom stereocenters. The first-order valence-corrected chi connectivity index (χ1v) is 7.30. The van der Waals surface area contributed by atoms with Crippen molar-refractivity contribution in [1.82, 2.24) is 19.6 Å². The van der Waals surface area contributed by atoms with Crippen molar-refractivity contribution in [2.75, 3.05) is 13.1 Å². The maximum absolute atomic E-state index is 11.6. The minimum absolute atomic E-state index is 0.0451.